The van der Waals surface area contributed by atoms with Gasteiger partial charge in [0.2, 0.25) is 0 Å². The number of carbonyl (C=O) groups is 1. The lowest BCUT2D eigenvalue weighted by Gasteiger charge is -2.09. The second-order valence-corrected chi connectivity index (χ2v) is 6.35. The van der Waals surface area contributed by atoms with Gasteiger partial charge in [0.25, 0.3) is 0 Å². The van der Waals surface area contributed by atoms with Crippen LogP contribution in [0.4, 0.5) is 0 Å². The molecule has 0 N–H and O–H groups in total. The number of fused-ring (bicyclic) bond motifs is 1. The summed E-state index contributed by atoms with van der Waals surface area (Å²) in [5.41, 5.74) is 1.01. The van der Waals surface area contributed by atoms with E-state index in [9.17, 15) is 14.9 Å². The van der Waals surface area contributed by atoms with Gasteiger partial charge in [0.1, 0.15) is 28.7 Å². The Hall–Kier alpha value is -3.85. The Morgan fingerprint density at radius 2 is 2.00 bits per heavy atom. The average Bonchev–Trinajstić information content (AvgIpc) is 2.70. The van der Waals surface area contributed by atoms with Crippen LogP contribution in [0, 0.1) is 18.3 Å². The molecule has 0 radical (unpaired) electrons. The molecular formula is C23H19NO5. The van der Waals surface area contributed by atoms with Gasteiger partial charge >= 0.3 is 11.6 Å². The highest BCUT2D eigenvalue weighted by molar-refractivity contribution is 5.99. The molecule has 0 saturated carbocycles. The van der Waals surface area contributed by atoms with Crippen LogP contribution in [-0.2, 0) is 4.79 Å². The van der Waals surface area contributed by atoms with Gasteiger partial charge in [-0.2, -0.15) is 5.26 Å². The van der Waals surface area contributed by atoms with Crippen LogP contribution in [0.25, 0.3) is 17.0 Å². The van der Waals surface area contributed by atoms with E-state index in [1.165, 1.54) is 18.2 Å². The van der Waals surface area contributed by atoms with Crippen molar-refractivity contribution >= 4 is 23.0 Å². The quantitative estimate of drug-likeness (QED) is 0.204. The van der Waals surface area contributed by atoms with Crippen molar-refractivity contribution in [3.8, 4) is 17.6 Å². The molecule has 1 heterocycles. The number of aryl methyl sites for hydroxylation is 1. The van der Waals surface area contributed by atoms with Gasteiger partial charge in [-0.15, -0.1) is 0 Å². The minimum absolute atomic E-state index is 0.174. The van der Waals surface area contributed by atoms with Gasteiger partial charge < -0.3 is 13.9 Å². The molecule has 1 aromatic heterocycles. The maximum absolute atomic E-state index is 12.5. The Balaban J connectivity index is 1.88. The highest BCUT2D eigenvalue weighted by Crippen LogP contribution is 2.24. The van der Waals surface area contributed by atoms with E-state index in [1.54, 1.807) is 37.3 Å². The third-order valence-corrected chi connectivity index (χ3v) is 4.15. The summed E-state index contributed by atoms with van der Waals surface area (Å²) in [6.45, 7) is 4.31. The number of nitrogens with zero attached hydrogens (tertiary/aromatic N) is 1. The number of carbonyl (C=O) groups excluding carboxylic acids is 1. The van der Waals surface area contributed by atoms with E-state index in [0.717, 1.165) is 17.4 Å². The van der Waals surface area contributed by atoms with Gasteiger partial charge in [-0.1, -0.05) is 25.1 Å². The number of para-hydroxylation sites is 1. The average molecular weight is 389 g/mol. The van der Waals surface area contributed by atoms with Gasteiger partial charge in [0.05, 0.1) is 6.61 Å². The van der Waals surface area contributed by atoms with Crippen LogP contribution in [0.3, 0.4) is 0 Å². The van der Waals surface area contributed by atoms with Gasteiger partial charge in [-0.3, -0.25) is 0 Å². The number of esters is 1. The van der Waals surface area contributed by atoms with Gasteiger partial charge in [-0.25, -0.2) is 9.59 Å². The zero-order valence-electron chi connectivity index (χ0n) is 16.1. The first-order valence-electron chi connectivity index (χ1n) is 9.12. The Kier molecular flexibility index (Phi) is 6.10. The van der Waals surface area contributed by atoms with E-state index in [4.69, 9.17) is 13.9 Å². The summed E-state index contributed by atoms with van der Waals surface area (Å²) in [7, 11) is 0. The van der Waals surface area contributed by atoms with E-state index < -0.39 is 11.6 Å². The molecule has 0 saturated heterocycles. The lowest BCUT2D eigenvalue weighted by molar-refractivity contribution is -0.129. The molecule has 0 unspecified atom stereocenters. The first-order valence-corrected chi connectivity index (χ1v) is 9.12. The van der Waals surface area contributed by atoms with Crippen LogP contribution in [0.1, 0.15) is 24.5 Å². The third-order valence-electron chi connectivity index (χ3n) is 4.15. The second-order valence-electron chi connectivity index (χ2n) is 6.35. The van der Waals surface area contributed by atoms with E-state index in [2.05, 4.69) is 0 Å². The minimum atomic E-state index is -0.813. The van der Waals surface area contributed by atoms with Crippen molar-refractivity contribution < 1.29 is 18.7 Å². The minimum Gasteiger partial charge on any atom is -0.493 e. The fourth-order valence-corrected chi connectivity index (χ4v) is 2.77. The van der Waals surface area contributed by atoms with Crippen molar-refractivity contribution in [3.63, 3.8) is 0 Å². The molecule has 2 aromatic carbocycles. The summed E-state index contributed by atoms with van der Waals surface area (Å²) in [4.78, 5) is 24.1. The van der Waals surface area contributed by atoms with Crippen LogP contribution in [0.2, 0.25) is 0 Å². The molecule has 6 heteroatoms. The molecule has 146 valence electrons. The molecule has 3 aromatic rings. The molecule has 0 fully saturated rings. The van der Waals surface area contributed by atoms with Crippen LogP contribution in [0.5, 0.6) is 11.5 Å². The molecule has 0 aliphatic rings. The highest BCUT2D eigenvalue weighted by Gasteiger charge is 2.14. The topological polar surface area (TPSA) is 89.5 Å². The van der Waals surface area contributed by atoms with E-state index >= 15 is 0 Å². The maximum Gasteiger partial charge on any atom is 0.354 e. The van der Waals surface area contributed by atoms with Crippen molar-refractivity contribution in [3.05, 3.63) is 75.7 Å². The van der Waals surface area contributed by atoms with Crippen LogP contribution < -0.4 is 15.1 Å². The molecule has 0 aliphatic carbocycles. The van der Waals surface area contributed by atoms with Crippen LogP contribution in [-0.4, -0.2) is 12.6 Å². The fraction of sp³-hybridized carbons (Fsp3) is 0.174. The fourth-order valence-electron chi connectivity index (χ4n) is 2.77. The Bertz CT molecular complexity index is 1180. The van der Waals surface area contributed by atoms with Gasteiger partial charge in [0, 0.05) is 23.1 Å². The molecule has 6 nitrogen and oxygen atoms in total. The Morgan fingerprint density at radius 3 is 2.76 bits per heavy atom. The summed E-state index contributed by atoms with van der Waals surface area (Å²) in [5.74, 6) is -0.0575. The van der Waals surface area contributed by atoms with Crippen molar-refractivity contribution in [1.29, 1.82) is 5.26 Å². The lowest BCUT2D eigenvalue weighted by atomic mass is 10.1. The number of rotatable bonds is 6. The highest BCUT2D eigenvalue weighted by atomic mass is 16.5. The van der Waals surface area contributed by atoms with Crippen LogP contribution >= 0.6 is 0 Å². The predicted molar refractivity (Wildman–Crippen MR) is 109 cm³/mol. The molecule has 0 atom stereocenters. The second kappa shape index (κ2) is 8.89. The van der Waals surface area contributed by atoms with Crippen molar-refractivity contribution in [2.75, 3.05) is 6.61 Å². The first-order chi connectivity index (χ1) is 14.0. The molecular weight excluding hydrogens is 370 g/mol. The molecule has 0 spiro atoms. The number of nitriles is 1. The van der Waals surface area contributed by atoms with Crippen molar-refractivity contribution in [2.24, 2.45) is 0 Å². The van der Waals surface area contributed by atoms with E-state index in [0.29, 0.717) is 23.5 Å². The van der Waals surface area contributed by atoms with Crippen molar-refractivity contribution in [1.82, 2.24) is 0 Å². The standard InChI is InChI=1S/C23H19NO5/c1-3-10-27-20-7-5-4-6-16(20)12-17(14-24)23(26)28-18-8-9-19-15(2)11-22(25)29-21(19)13-18/h4-9,11-13H,3,10H2,1-2H3/b17-12+. The SMILES string of the molecule is CCCOc1ccccc1/C=C(\C#N)C(=O)Oc1ccc2c(C)cc(=O)oc2c1. The molecule has 0 amide bonds. The number of hydrogen-bond donors (Lipinski definition) is 0. The monoisotopic (exact) mass is 389 g/mol. The zero-order chi connectivity index (χ0) is 20.8. The summed E-state index contributed by atoms with van der Waals surface area (Å²) in [6.07, 6.45) is 2.27. The normalized spacial score (nSPS) is 11.1. The zero-order valence-corrected chi connectivity index (χ0v) is 16.1. The molecule has 3 rings (SSSR count). The third kappa shape index (κ3) is 4.71. The lowest BCUT2D eigenvalue weighted by Crippen LogP contribution is -2.10. The first kappa shape index (κ1) is 19.9. The predicted octanol–water partition coefficient (Wildman–Crippen LogP) is 4.40. The molecule has 0 bridgehead atoms. The summed E-state index contributed by atoms with van der Waals surface area (Å²) in [5, 5.41) is 10.2. The van der Waals surface area contributed by atoms with E-state index in [1.807, 2.05) is 19.1 Å². The smallest absolute Gasteiger partial charge is 0.354 e. The Labute approximate surface area is 167 Å². The number of ether oxygens (including phenoxy) is 2. The van der Waals surface area contributed by atoms with Crippen LogP contribution in [0.15, 0.2) is 63.3 Å². The van der Waals surface area contributed by atoms with Gasteiger partial charge in [0.15, 0.2) is 0 Å². The number of hydrogen-bond acceptors (Lipinski definition) is 6. The molecule has 29 heavy (non-hydrogen) atoms. The molecule has 0 aliphatic heterocycles. The summed E-state index contributed by atoms with van der Waals surface area (Å²) >= 11 is 0. The Morgan fingerprint density at radius 1 is 1.21 bits per heavy atom. The largest absolute Gasteiger partial charge is 0.493 e. The summed E-state index contributed by atoms with van der Waals surface area (Å²) in [6, 6.07) is 15.1. The number of benzene rings is 2. The van der Waals surface area contributed by atoms with Gasteiger partial charge in [-0.05, 0) is 43.2 Å². The maximum atomic E-state index is 12.5. The van der Waals surface area contributed by atoms with E-state index in [-0.39, 0.29) is 11.3 Å². The summed E-state index contributed by atoms with van der Waals surface area (Å²) < 4.78 is 16.1. The van der Waals surface area contributed by atoms with Crippen molar-refractivity contribution in [2.45, 2.75) is 20.3 Å².